The van der Waals surface area contributed by atoms with Gasteiger partial charge in [-0.25, -0.2) is 4.98 Å². The smallest absolute Gasteiger partial charge is 0.237 e. The Kier molecular flexibility index (Phi) is 8.32. The maximum atomic E-state index is 6.01. The van der Waals surface area contributed by atoms with Crippen LogP contribution in [0.1, 0.15) is 43.5 Å². The molecule has 38 heavy (non-hydrogen) atoms. The largest absolute Gasteiger partial charge is 0.474 e. The molecule has 5 rings (SSSR count). The molecule has 0 aliphatic carbocycles. The van der Waals surface area contributed by atoms with Crippen molar-refractivity contribution >= 4 is 5.65 Å². The molecule has 0 bridgehead atoms. The fraction of sp³-hybridized carbons (Fsp3) is 0.433. The summed E-state index contributed by atoms with van der Waals surface area (Å²) in [4.78, 5) is 9.33. The fourth-order valence-electron chi connectivity index (χ4n) is 5.01. The predicted molar refractivity (Wildman–Crippen MR) is 149 cm³/mol. The summed E-state index contributed by atoms with van der Waals surface area (Å²) >= 11 is 0. The summed E-state index contributed by atoms with van der Waals surface area (Å²) in [5, 5.41) is 8.65. The lowest BCUT2D eigenvalue weighted by Gasteiger charge is -2.39. The van der Waals surface area contributed by atoms with Crippen LogP contribution in [0.3, 0.4) is 0 Å². The molecule has 0 atom stereocenters. The maximum Gasteiger partial charge on any atom is 0.237 e. The molecule has 8 heteroatoms. The van der Waals surface area contributed by atoms with Gasteiger partial charge in [-0.05, 0) is 22.6 Å². The number of rotatable bonds is 10. The number of ether oxygens (including phenoxy) is 2. The highest BCUT2D eigenvalue weighted by molar-refractivity contribution is 5.45. The summed E-state index contributed by atoms with van der Waals surface area (Å²) < 4.78 is 13.4. The van der Waals surface area contributed by atoms with Crippen molar-refractivity contribution in [2.45, 2.75) is 32.2 Å². The molecule has 1 fully saturated rings. The van der Waals surface area contributed by atoms with Gasteiger partial charge in [0.2, 0.25) is 5.88 Å². The zero-order valence-electron chi connectivity index (χ0n) is 22.7. The first-order valence-electron chi connectivity index (χ1n) is 13.5. The van der Waals surface area contributed by atoms with Crippen LogP contribution in [-0.2, 0) is 10.2 Å². The number of aromatic nitrogens is 4. The van der Waals surface area contributed by atoms with Gasteiger partial charge in [-0.2, -0.15) is 0 Å². The third-order valence-corrected chi connectivity index (χ3v) is 7.07. The minimum Gasteiger partial charge on any atom is -0.474 e. The van der Waals surface area contributed by atoms with E-state index in [4.69, 9.17) is 9.47 Å². The van der Waals surface area contributed by atoms with E-state index in [0.29, 0.717) is 25.7 Å². The number of nitrogens with zero attached hydrogens (tertiary/aromatic N) is 6. The minimum atomic E-state index is -0.112. The van der Waals surface area contributed by atoms with E-state index in [0.717, 1.165) is 43.9 Å². The lowest BCUT2D eigenvalue weighted by atomic mass is 9.88. The van der Waals surface area contributed by atoms with Crippen LogP contribution in [0, 0.1) is 0 Å². The van der Waals surface area contributed by atoms with Crippen LogP contribution in [0.2, 0.25) is 0 Å². The van der Waals surface area contributed by atoms with Gasteiger partial charge >= 0.3 is 0 Å². The Morgan fingerprint density at radius 1 is 0.842 bits per heavy atom. The molecule has 0 radical (unpaired) electrons. The van der Waals surface area contributed by atoms with E-state index in [9.17, 15) is 0 Å². The topological polar surface area (TPSA) is 68.0 Å². The third kappa shape index (κ3) is 6.38. The third-order valence-electron chi connectivity index (χ3n) is 7.07. The van der Waals surface area contributed by atoms with Gasteiger partial charge in [-0.1, -0.05) is 81.4 Å². The van der Waals surface area contributed by atoms with Gasteiger partial charge in [0.05, 0.1) is 19.3 Å². The summed E-state index contributed by atoms with van der Waals surface area (Å²) in [6.45, 7) is 13.1. The first-order chi connectivity index (χ1) is 18.5. The maximum absolute atomic E-state index is 6.01. The van der Waals surface area contributed by atoms with Crippen LogP contribution >= 0.6 is 0 Å². The number of benzene rings is 2. The number of hydrogen-bond donors (Lipinski definition) is 0. The molecular formula is C30H38N6O2. The summed E-state index contributed by atoms with van der Waals surface area (Å²) in [5.74, 6) is 0.585. The average molecular weight is 515 g/mol. The number of hydrogen-bond acceptors (Lipinski definition) is 7. The van der Waals surface area contributed by atoms with E-state index < -0.39 is 0 Å². The molecule has 2 aromatic carbocycles. The molecule has 1 aliphatic rings. The quantitative estimate of drug-likeness (QED) is 0.294. The fourth-order valence-corrected chi connectivity index (χ4v) is 5.01. The molecule has 3 heterocycles. The highest BCUT2D eigenvalue weighted by Crippen LogP contribution is 2.31. The Labute approximate surface area is 225 Å². The Morgan fingerprint density at radius 2 is 1.50 bits per heavy atom. The van der Waals surface area contributed by atoms with Crippen LogP contribution in [0.15, 0.2) is 73.1 Å². The van der Waals surface area contributed by atoms with Crippen molar-refractivity contribution in [2.24, 2.45) is 0 Å². The van der Waals surface area contributed by atoms with Gasteiger partial charge in [-0.3, -0.25) is 9.80 Å². The van der Waals surface area contributed by atoms with Gasteiger partial charge in [0.25, 0.3) is 0 Å². The van der Waals surface area contributed by atoms with Crippen molar-refractivity contribution in [2.75, 3.05) is 52.5 Å². The normalized spacial score (nSPS) is 15.4. The highest BCUT2D eigenvalue weighted by Gasteiger charge is 2.26. The van der Waals surface area contributed by atoms with E-state index in [-0.39, 0.29) is 11.5 Å². The van der Waals surface area contributed by atoms with E-state index in [1.165, 1.54) is 22.1 Å². The SMILES string of the molecule is CC(C)(C)c1cc2ncnn2nc1OCCOCCN1CCN(C(c2ccccc2)c2ccccc2)CC1. The molecule has 1 saturated heterocycles. The summed E-state index contributed by atoms with van der Waals surface area (Å²) in [6, 6.07) is 24.0. The Hall–Kier alpha value is -3.33. The van der Waals surface area contributed by atoms with Gasteiger partial charge in [0.1, 0.15) is 12.9 Å². The molecule has 0 N–H and O–H groups in total. The van der Waals surface area contributed by atoms with E-state index in [1.54, 1.807) is 0 Å². The van der Waals surface area contributed by atoms with E-state index in [2.05, 4.69) is 106 Å². The van der Waals surface area contributed by atoms with Crippen molar-refractivity contribution < 1.29 is 9.47 Å². The first kappa shape index (κ1) is 26.3. The second-order valence-corrected chi connectivity index (χ2v) is 10.8. The standard InChI is InChI=1S/C30H38N6O2/c1-30(2,3)26-22-27-31-23-32-36(27)33-29(26)38-21-20-37-19-18-34-14-16-35(17-15-34)28(24-10-6-4-7-11-24)25-12-8-5-9-13-25/h4-13,22-23,28H,14-21H2,1-3H3. The van der Waals surface area contributed by atoms with E-state index in [1.807, 2.05) is 6.07 Å². The molecule has 0 amide bonds. The first-order valence-corrected chi connectivity index (χ1v) is 13.5. The van der Waals surface area contributed by atoms with Gasteiger partial charge < -0.3 is 9.47 Å². The highest BCUT2D eigenvalue weighted by atomic mass is 16.5. The zero-order valence-corrected chi connectivity index (χ0v) is 22.7. The molecule has 0 unspecified atom stereocenters. The van der Waals surface area contributed by atoms with E-state index >= 15 is 0 Å². The lowest BCUT2D eigenvalue weighted by molar-refractivity contribution is 0.0545. The molecule has 200 valence electrons. The Morgan fingerprint density at radius 3 is 2.13 bits per heavy atom. The minimum absolute atomic E-state index is 0.112. The predicted octanol–water partition coefficient (Wildman–Crippen LogP) is 4.22. The molecule has 8 nitrogen and oxygen atoms in total. The van der Waals surface area contributed by atoms with Crippen LogP contribution in [0.4, 0.5) is 0 Å². The van der Waals surface area contributed by atoms with Crippen molar-refractivity contribution in [3.8, 4) is 5.88 Å². The van der Waals surface area contributed by atoms with Gasteiger partial charge in [0, 0.05) is 38.3 Å². The molecule has 1 aliphatic heterocycles. The summed E-state index contributed by atoms with van der Waals surface area (Å²) in [5.41, 5.74) is 4.32. The second-order valence-electron chi connectivity index (χ2n) is 10.8. The van der Waals surface area contributed by atoms with Crippen molar-refractivity contribution in [3.63, 3.8) is 0 Å². The summed E-state index contributed by atoms with van der Waals surface area (Å²) in [6.07, 6.45) is 1.50. The average Bonchev–Trinajstić information content (AvgIpc) is 3.39. The zero-order chi connectivity index (χ0) is 26.4. The van der Waals surface area contributed by atoms with Gasteiger partial charge in [-0.15, -0.1) is 14.8 Å². The Balaban J connectivity index is 1.07. The molecule has 0 spiro atoms. The summed E-state index contributed by atoms with van der Waals surface area (Å²) in [7, 11) is 0. The van der Waals surface area contributed by atoms with Crippen LogP contribution in [0.25, 0.3) is 5.65 Å². The molecule has 0 saturated carbocycles. The van der Waals surface area contributed by atoms with Crippen LogP contribution in [-0.4, -0.2) is 82.2 Å². The second kappa shape index (κ2) is 12.0. The molecule has 4 aromatic rings. The monoisotopic (exact) mass is 514 g/mol. The number of piperazine rings is 1. The Bertz CT molecular complexity index is 1240. The van der Waals surface area contributed by atoms with Gasteiger partial charge in [0.15, 0.2) is 5.65 Å². The van der Waals surface area contributed by atoms with Crippen LogP contribution in [0.5, 0.6) is 5.88 Å². The lowest BCUT2D eigenvalue weighted by Crippen LogP contribution is -2.48. The number of fused-ring (bicyclic) bond motifs is 1. The molecule has 2 aromatic heterocycles. The molecular weight excluding hydrogens is 476 g/mol. The van der Waals surface area contributed by atoms with Crippen LogP contribution < -0.4 is 4.74 Å². The van der Waals surface area contributed by atoms with Crippen molar-refractivity contribution in [1.29, 1.82) is 0 Å². The van der Waals surface area contributed by atoms with Crippen molar-refractivity contribution in [1.82, 2.24) is 29.6 Å². The van der Waals surface area contributed by atoms with Crippen molar-refractivity contribution in [3.05, 3.63) is 89.7 Å².